The molecule has 6 nitrogen and oxygen atoms in total. The molecule has 2 aromatic heterocycles. The minimum absolute atomic E-state index is 0.0719. The monoisotopic (exact) mass is 316 g/mol. The van der Waals surface area contributed by atoms with Crippen molar-refractivity contribution in [1.82, 2.24) is 9.88 Å². The van der Waals surface area contributed by atoms with Crippen molar-refractivity contribution in [2.45, 2.75) is 26.3 Å². The van der Waals surface area contributed by atoms with Crippen LogP contribution in [0.15, 0.2) is 34.9 Å². The Morgan fingerprint density at radius 1 is 1.39 bits per heavy atom. The number of pyridine rings is 1. The first kappa shape index (κ1) is 16.7. The Bertz CT molecular complexity index is 694. The lowest BCUT2D eigenvalue weighted by Crippen LogP contribution is -2.30. The number of rotatable bonds is 5. The van der Waals surface area contributed by atoms with E-state index < -0.39 is 5.97 Å². The lowest BCUT2D eigenvalue weighted by atomic mass is 10.1. The normalized spacial score (nSPS) is 11.8. The number of amides is 1. The van der Waals surface area contributed by atoms with E-state index >= 15 is 0 Å². The molecule has 6 heteroatoms. The van der Waals surface area contributed by atoms with E-state index in [-0.39, 0.29) is 18.4 Å². The van der Waals surface area contributed by atoms with Gasteiger partial charge in [-0.05, 0) is 32.0 Å². The maximum atomic E-state index is 12.5. The van der Waals surface area contributed by atoms with Crippen molar-refractivity contribution in [3.8, 4) is 0 Å². The maximum absolute atomic E-state index is 12.5. The SMILES string of the molecule is COC(=O)c1cc(CN(C)C(=O)[C@@H](C)c2ccccn2)oc1C. The van der Waals surface area contributed by atoms with Crippen LogP contribution in [-0.2, 0) is 16.1 Å². The molecule has 2 aromatic rings. The van der Waals surface area contributed by atoms with E-state index in [1.54, 1.807) is 31.1 Å². The molecule has 0 saturated heterocycles. The molecule has 0 radical (unpaired) electrons. The molecule has 0 unspecified atom stereocenters. The van der Waals surface area contributed by atoms with Gasteiger partial charge in [-0.25, -0.2) is 4.79 Å². The van der Waals surface area contributed by atoms with Crippen molar-refractivity contribution in [2.75, 3.05) is 14.2 Å². The van der Waals surface area contributed by atoms with Gasteiger partial charge in [0.15, 0.2) is 0 Å². The molecule has 0 saturated carbocycles. The van der Waals surface area contributed by atoms with Crippen molar-refractivity contribution >= 4 is 11.9 Å². The Balaban J connectivity index is 2.08. The predicted octanol–water partition coefficient (Wildman–Crippen LogP) is 2.53. The zero-order valence-electron chi connectivity index (χ0n) is 13.7. The summed E-state index contributed by atoms with van der Waals surface area (Å²) in [6, 6.07) is 7.09. The first-order chi connectivity index (χ1) is 10.9. The Hall–Kier alpha value is -2.63. The lowest BCUT2D eigenvalue weighted by Gasteiger charge is -2.20. The van der Waals surface area contributed by atoms with Gasteiger partial charge in [0, 0.05) is 13.2 Å². The first-order valence-electron chi connectivity index (χ1n) is 7.27. The highest BCUT2D eigenvalue weighted by atomic mass is 16.5. The van der Waals surface area contributed by atoms with Crippen LogP contribution in [0.4, 0.5) is 0 Å². The number of nitrogens with zero attached hydrogens (tertiary/aromatic N) is 2. The molecule has 0 bridgehead atoms. The summed E-state index contributed by atoms with van der Waals surface area (Å²) in [6.07, 6.45) is 1.66. The molecule has 2 heterocycles. The van der Waals surface area contributed by atoms with Crippen molar-refractivity contribution in [1.29, 1.82) is 0 Å². The topological polar surface area (TPSA) is 72.6 Å². The van der Waals surface area contributed by atoms with Gasteiger partial charge in [0.1, 0.15) is 17.1 Å². The fourth-order valence-electron chi connectivity index (χ4n) is 2.34. The van der Waals surface area contributed by atoms with Gasteiger partial charge in [0.05, 0.1) is 25.3 Å². The maximum Gasteiger partial charge on any atom is 0.341 e. The van der Waals surface area contributed by atoms with E-state index in [2.05, 4.69) is 4.98 Å². The van der Waals surface area contributed by atoms with Gasteiger partial charge in [-0.1, -0.05) is 6.07 Å². The number of carbonyl (C=O) groups excluding carboxylic acids is 2. The molecule has 0 spiro atoms. The van der Waals surface area contributed by atoms with Crippen LogP contribution in [0.2, 0.25) is 0 Å². The van der Waals surface area contributed by atoms with Crippen molar-refractivity contribution in [3.05, 3.63) is 53.2 Å². The smallest absolute Gasteiger partial charge is 0.341 e. The van der Waals surface area contributed by atoms with E-state index in [1.807, 2.05) is 25.1 Å². The fourth-order valence-corrected chi connectivity index (χ4v) is 2.34. The van der Waals surface area contributed by atoms with Crippen LogP contribution in [0, 0.1) is 6.92 Å². The number of furan rings is 1. The largest absolute Gasteiger partial charge is 0.465 e. The van der Waals surface area contributed by atoms with Crippen LogP contribution in [0.25, 0.3) is 0 Å². The highest BCUT2D eigenvalue weighted by molar-refractivity contribution is 5.90. The van der Waals surface area contributed by atoms with Crippen molar-refractivity contribution in [2.24, 2.45) is 0 Å². The molecular weight excluding hydrogens is 296 g/mol. The Labute approximate surface area is 135 Å². The number of aryl methyl sites for hydroxylation is 1. The molecule has 1 amide bonds. The number of aromatic nitrogens is 1. The Morgan fingerprint density at radius 2 is 2.13 bits per heavy atom. The van der Waals surface area contributed by atoms with Crippen LogP contribution >= 0.6 is 0 Å². The lowest BCUT2D eigenvalue weighted by molar-refractivity contribution is -0.132. The number of hydrogen-bond acceptors (Lipinski definition) is 5. The quantitative estimate of drug-likeness (QED) is 0.793. The third-order valence-electron chi connectivity index (χ3n) is 3.65. The van der Waals surface area contributed by atoms with Crippen molar-refractivity contribution < 1.29 is 18.7 Å². The fraction of sp³-hybridized carbons (Fsp3) is 0.353. The molecule has 1 atom stereocenters. The standard InChI is InChI=1S/C17H20N2O4/c1-11(15-7-5-6-8-18-15)16(20)19(3)10-13-9-14(12(2)23-13)17(21)22-4/h5-9,11H,10H2,1-4H3/t11-/m0/s1. The van der Waals surface area contributed by atoms with Crippen molar-refractivity contribution in [3.63, 3.8) is 0 Å². The van der Waals surface area contributed by atoms with E-state index in [0.717, 1.165) is 5.69 Å². The van der Waals surface area contributed by atoms with Crippen LogP contribution in [-0.4, -0.2) is 35.9 Å². The summed E-state index contributed by atoms with van der Waals surface area (Å²) in [5.41, 5.74) is 1.09. The highest BCUT2D eigenvalue weighted by Crippen LogP contribution is 2.19. The van der Waals surface area contributed by atoms with E-state index in [0.29, 0.717) is 17.1 Å². The average molecular weight is 316 g/mol. The molecular formula is C17H20N2O4. The number of methoxy groups -OCH3 is 1. The average Bonchev–Trinajstić information content (AvgIpc) is 2.93. The first-order valence-corrected chi connectivity index (χ1v) is 7.27. The predicted molar refractivity (Wildman–Crippen MR) is 83.9 cm³/mol. The third-order valence-corrected chi connectivity index (χ3v) is 3.65. The van der Waals surface area contributed by atoms with Crippen LogP contribution in [0.3, 0.4) is 0 Å². The van der Waals surface area contributed by atoms with Crippen LogP contribution in [0.5, 0.6) is 0 Å². The van der Waals surface area contributed by atoms with Crippen LogP contribution < -0.4 is 0 Å². The van der Waals surface area contributed by atoms with E-state index in [4.69, 9.17) is 9.15 Å². The summed E-state index contributed by atoms with van der Waals surface area (Å²) >= 11 is 0. The van der Waals surface area contributed by atoms with Crippen LogP contribution in [0.1, 0.15) is 40.4 Å². The Kier molecular flexibility index (Phi) is 5.16. The molecule has 0 aliphatic heterocycles. The van der Waals surface area contributed by atoms with Gasteiger partial charge in [0.25, 0.3) is 0 Å². The summed E-state index contributed by atoms with van der Waals surface area (Å²) in [5, 5.41) is 0. The summed E-state index contributed by atoms with van der Waals surface area (Å²) in [6.45, 7) is 3.77. The minimum atomic E-state index is -0.451. The summed E-state index contributed by atoms with van der Waals surface area (Å²) in [5.74, 6) is 0.139. The van der Waals surface area contributed by atoms with Gasteiger partial charge < -0.3 is 14.1 Å². The number of ether oxygens (including phenoxy) is 1. The van der Waals surface area contributed by atoms with Gasteiger partial charge in [-0.15, -0.1) is 0 Å². The Morgan fingerprint density at radius 3 is 2.74 bits per heavy atom. The zero-order chi connectivity index (χ0) is 17.0. The van der Waals surface area contributed by atoms with Gasteiger partial charge in [-0.2, -0.15) is 0 Å². The molecule has 0 N–H and O–H groups in total. The van der Waals surface area contributed by atoms with Gasteiger partial charge in [0.2, 0.25) is 5.91 Å². The highest BCUT2D eigenvalue weighted by Gasteiger charge is 2.22. The number of hydrogen-bond donors (Lipinski definition) is 0. The second-order valence-corrected chi connectivity index (χ2v) is 5.34. The number of carbonyl (C=O) groups is 2. The summed E-state index contributed by atoms with van der Waals surface area (Å²) in [7, 11) is 3.01. The van der Waals surface area contributed by atoms with E-state index in [1.165, 1.54) is 7.11 Å². The van der Waals surface area contributed by atoms with Gasteiger partial charge in [-0.3, -0.25) is 9.78 Å². The van der Waals surface area contributed by atoms with E-state index in [9.17, 15) is 9.59 Å². The second kappa shape index (κ2) is 7.09. The van der Waals surface area contributed by atoms with Gasteiger partial charge >= 0.3 is 5.97 Å². The molecule has 0 aromatic carbocycles. The summed E-state index contributed by atoms with van der Waals surface area (Å²) < 4.78 is 10.2. The summed E-state index contributed by atoms with van der Waals surface area (Å²) in [4.78, 5) is 29.8. The molecule has 0 aliphatic carbocycles. The second-order valence-electron chi connectivity index (χ2n) is 5.34. The number of likely N-dealkylation sites (N-methyl/N-ethyl adjacent to an activating group) is 1. The molecule has 0 aliphatic rings. The molecule has 122 valence electrons. The molecule has 0 fully saturated rings. The third kappa shape index (κ3) is 3.77. The molecule has 23 heavy (non-hydrogen) atoms. The molecule has 2 rings (SSSR count). The minimum Gasteiger partial charge on any atom is -0.465 e. The zero-order valence-corrected chi connectivity index (χ0v) is 13.7. The number of esters is 1.